The van der Waals surface area contributed by atoms with Crippen LogP contribution in [0.1, 0.15) is 23.6 Å². The van der Waals surface area contributed by atoms with E-state index in [0.717, 1.165) is 27.5 Å². The van der Waals surface area contributed by atoms with E-state index in [4.69, 9.17) is 5.73 Å². The number of nitrogens with one attached hydrogen (secondary N) is 2. The van der Waals surface area contributed by atoms with E-state index >= 15 is 0 Å². The van der Waals surface area contributed by atoms with E-state index in [1.165, 1.54) is 33.8 Å². The Balaban J connectivity index is 1.55. The molecular formula is C21H23N7O5S4. The number of carboxylic acid groups (broad SMARTS) is 1. The Morgan fingerprint density at radius 1 is 1.43 bits per heavy atom. The van der Waals surface area contributed by atoms with E-state index in [-0.39, 0.29) is 27.6 Å². The van der Waals surface area contributed by atoms with Gasteiger partial charge in [0.25, 0.3) is 11.8 Å². The van der Waals surface area contributed by atoms with Gasteiger partial charge in [-0.3, -0.25) is 19.5 Å². The molecule has 16 heteroatoms. The first-order valence-corrected chi connectivity index (χ1v) is 14.7. The van der Waals surface area contributed by atoms with Crippen LogP contribution in [0.15, 0.2) is 44.5 Å². The SMILES string of the molecule is CCSC(NC)c1cnccc1SC1=C(C(=O)O)N2C(=O)[C@@H](NC(=O)/C(=N\O)c3csc(N)n3)[C@@H]2SC1. The Kier molecular flexibility index (Phi) is 8.63. The summed E-state index contributed by atoms with van der Waals surface area (Å²) >= 11 is 5.39. The molecule has 2 aliphatic heterocycles. The third-order valence-corrected chi connectivity index (χ3v) is 9.89. The fourth-order valence-corrected chi connectivity index (χ4v) is 7.89. The van der Waals surface area contributed by atoms with Crippen molar-refractivity contribution in [3.8, 4) is 0 Å². The Labute approximate surface area is 228 Å². The monoisotopic (exact) mass is 581 g/mol. The maximum atomic E-state index is 13.0. The molecule has 37 heavy (non-hydrogen) atoms. The molecule has 1 fully saturated rings. The van der Waals surface area contributed by atoms with Gasteiger partial charge in [0, 0.05) is 38.9 Å². The third kappa shape index (κ3) is 5.43. The molecule has 4 rings (SSSR count). The van der Waals surface area contributed by atoms with Crippen LogP contribution in [0.4, 0.5) is 5.13 Å². The second kappa shape index (κ2) is 11.7. The minimum absolute atomic E-state index is 0.0280. The number of hydrogen-bond acceptors (Lipinski definition) is 13. The summed E-state index contributed by atoms with van der Waals surface area (Å²) in [6.07, 6.45) is 3.40. The van der Waals surface area contributed by atoms with Gasteiger partial charge in [-0.15, -0.1) is 34.9 Å². The first-order chi connectivity index (χ1) is 17.8. The number of fused-ring (bicyclic) bond motifs is 1. The highest BCUT2D eigenvalue weighted by Crippen LogP contribution is 2.46. The number of β-lactam (4-membered cyclic amide) rings is 1. The minimum Gasteiger partial charge on any atom is -0.477 e. The van der Waals surface area contributed by atoms with Crippen molar-refractivity contribution in [2.75, 3.05) is 24.3 Å². The predicted octanol–water partition coefficient (Wildman–Crippen LogP) is 1.76. The summed E-state index contributed by atoms with van der Waals surface area (Å²) in [6.45, 7) is 2.05. The normalized spacial score (nSPS) is 20.3. The van der Waals surface area contributed by atoms with Crippen LogP contribution in [-0.2, 0) is 14.4 Å². The molecule has 0 spiro atoms. The number of nitrogen functional groups attached to an aromatic ring is 1. The van der Waals surface area contributed by atoms with E-state index in [1.54, 1.807) is 24.2 Å². The lowest BCUT2D eigenvalue weighted by Gasteiger charge is -2.49. The van der Waals surface area contributed by atoms with Crippen molar-refractivity contribution in [2.24, 2.45) is 5.16 Å². The number of thiazole rings is 1. The van der Waals surface area contributed by atoms with Gasteiger partial charge in [0.1, 0.15) is 22.8 Å². The number of aromatic nitrogens is 2. The number of rotatable bonds is 10. The standard InChI is InChI=1S/C21H23N7O5S4/c1-3-34-17(23-2)9-6-24-5-4-11(9)37-12-8-35-19-14(18(30)28(19)15(12)20(31)32)26-16(29)13(27-33)10-7-36-21(22)25-10/h4-7,14,17,19,23,33H,3,8H2,1-2H3,(H2,22,25)(H,26,29)(H,31,32)/b27-13-/t14-,17?,19+/m1/s1. The van der Waals surface area contributed by atoms with E-state index in [9.17, 15) is 24.7 Å². The summed E-state index contributed by atoms with van der Waals surface area (Å²) in [7, 11) is 1.85. The molecule has 0 bridgehead atoms. The molecule has 0 aromatic carbocycles. The smallest absolute Gasteiger partial charge is 0.353 e. The fraction of sp³-hybridized carbons (Fsp3) is 0.333. The third-order valence-electron chi connectivity index (χ3n) is 5.42. The molecule has 2 aromatic rings. The Hall–Kier alpha value is -2.79. The molecular weight excluding hydrogens is 559 g/mol. The highest BCUT2D eigenvalue weighted by atomic mass is 32.2. The molecule has 0 aliphatic carbocycles. The van der Waals surface area contributed by atoms with Crippen molar-refractivity contribution in [3.63, 3.8) is 0 Å². The van der Waals surface area contributed by atoms with Crippen molar-refractivity contribution in [1.82, 2.24) is 25.5 Å². The van der Waals surface area contributed by atoms with Gasteiger partial charge in [-0.05, 0) is 18.9 Å². The number of oxime groups is 1. The molecule has 4 heterocycles. The summed E-state index contributed by atoms with van der Waals surface area (Å²) < 4.78 is 0. The van der Waals surface area contributed by atoms with Gasteiger partial charge >= 0.3 is 5.97 Å². The van der Waals surface area contributed by atoms with E-state index < -0.39 is 29.2 Å². The predicted molar refractivity (Wildman–Crippen MR) is 145 cm³/mol. The van der Waals surface area contributed by atoms with Crippen LogP contribution in [0.25, 0.3) is 0 Å². The maximum Gasteiger partial charge on any atom is 0.353 e. The minimum atomic E-state index is -1.23. The molecule has 2 amide bonds. The lowest BCUT2D eigenvalue weighted by atomic mass is 10.0. The number of pyridine rings is 1. The van der Waals surface area contributed by atoms with Gasteiger partial charge in [0.2, 0.25) is 0 Å². The summed E-state index contributed by atoms with van der Waals surface area (Å²) in [6, 6.07) is 0.836. The summed E-state index contributed by atoms with van der Waals surface area (Å²) in [4.78, 5) is 48.7. The molecule has 2 aromatic heterocycles. The van der Waals surface area contributed by atoms with Crippen LogP contribution in [-0.4, -0.2) is 78.6 Å². The topological polar surface area (TPSA) is 183 Å². The van der Waals surface area contributed by atoms with Gasteiger partial charge in [-0.1, -0.05) is 23.8 Å². The van der Waals surface area contributed by atoms with E-state index in [2.05, 4.69) is 25.8 Å². The maximum absolute atomic E-state index is 13.0. The van der Waals surface area contributed by atoms with Crippen molar-refractivity contribution in [1.29, 1.82) is 0 Å². The number of carboxylic acids is 1. The Morgan fingerprint density at radius 3 is 2.84 bits per heavy atom. The first-order valence-electron chi connectivity index (χ1n) is 10.9. The quantitative estimate of drug-likeness (QED) is 0.0902. The van der Waals surface area contributed by atoms with Gasteiger partial charge in [-0.25, -0.2) is 9.78 Å². The second-order valence-corrected chi connectivity index (χ2v) is 12.1. The molecule has 1 saturated heterocycles. The number of carbonyl (C=O) groups excluding carboxylic acids is 2. The summed E-state index contributed by atoms with van der Waals surface area (Å²) in [5.74, 6) is -1.42. The number of nitrogens with two attached hydrogens (primary N) is 1. The molecule has 3 atom stereocenters. The average molecular weight is 582 g/mol. The molecule has 1 unspecified atom stereocenters. The van der Waals surface area contributed by atoms with Crippen LogP contribution in [0, 0.1) is 0 Å². The van der Waals surface area contributed by atoms with E-state index in [0.29, 0.717) is 10.7 Å². The number of aliphatic carboxylic acids is 1. The molecule has 0 radical (unpaired) electrons. The van der Waals surface area contributed by atoms with Gasteiger partial charge in [0.15, 0.2) is 10.8 Å². The van der Waals surface area contributed by atoms with E-state index in [1.807, 2.05) is 20.0 Å². The fourth-order valence-electron chi connectivity index (χ4n) is 3.80. The molecule has 6 N–H and O–H groups in total. The zero-order valence-corrected chi connectivity index (χ0v) is 22.8. The van der Waals surface area contributed by atoms with Crippen molar-refractivity contribution < 1.29 is 24.7 Å². The average Bonchev–Trinajstić information content (AvgIpc) is 3.31. The number of nitrogens with zero attached hydrogens (tertiary/aromatic N) is 4. The number of thioether (sulfide) groups is 3. The summed E-state index contributed by atoms with van der Waals surface area (Å²) in [5, 5.41) is 29.1. The Morgan fingerprint density at radius 2 is 2.22 bits per heavy atom. The number of carbonyl (C=O) groups is 3. The van der Waals surface area contributed by atoms with Crippen LogP contribution >= 0.6 is 46.6 Å². The van der Waals surface area contributed by atoms with Crippen molar-refractivity contribution in [3.05, 3.63) is 45.7 Å². The van der Waals surface area contributed by atoms with Crippen LogP contribution in [0.5, 0.6) is 0 Å². The zero-order chi connectivity index (χ0) is 26.7. The number of anilines is 1. The molecule has 12 nitrogen and oxygen atoms in total. The molecule has 0 saturated carbocycles. The molecule has 196 valence electrons. The van der Waals surface area contributed by atoms with Crippen LogP contribution < -0.4 is 16.4 Å². The van der Waals surface area contributed by atoms with Crippen LogP contribution in [0.3, 0.4) is 0 Å². The van der Waals surface area contributed by atoms with Crippen LogP contribution in [0.2, 0.25) is 0 Å². The van der Waals surface area contributed by atoms with Gasteiger partial charge in [0.05, 0.1) is 5.37 Å². The second-order valence-electron chi connectivity index (χ2n) is 7.60. The van der Waals surface area contributed by atoms with Crippen molar-refractivity contribution >= 4 is 75.2 Å². The zero-order valence-electron chi connectivity index (χ0n) is 19.6. The lowest BCUT2D eigenvalue weighted by molar-refractivity contribution is -0.150. The Bertz CT molecular complexity index is 1280. The highest BCUT2D eigenvalue weighted by molar-refractivity contribution is 8.06. The highest BCUT2D eigenvalue weighted by Gasteiger charge is 2.54. The number of amides is 2. The van der Waals surface area contributed by atoms with Gasteiger partial charge < -0.3 is 26.7 Å². The largest absolute Gasteiger partial charge is 0.477 e. The summed E-state index contributed by atoms with van der Waals surface area (Å²) in [5.41, 5.74) is 6.07. The molecule has 2 aliphatic rings. The number of hydrogen-bond donors (Lipinski definition) is 5. The lowest BCUT2D eigenvalue weighted by Crippen LogP contribution is -2.71. The van der Waals surface area contributed by atoms with Gasteiger partial charge in [-0.2, -0.15) is 0 Å². The van der Waals surface area contributed by atoms with Crippen molar-refractivity contribution in [2.45, 2.75) is 28.6 Å². The first kappa shape index (κ1) is 27.3.